The van der Waals surface area contributed by atoms with E-state index in [1.165, 1.54) is 12.2 Å². The predicted molar refractivity (Wildman–Crippen MR) is 55.2 cm³/mol. The molecule has 74 valence electrons. The van der Waals surface area contributed by atoms with E-state index in [1.54, 1.807) is 0 Å². The maximum Gasteiger partial charge on any atom is 0.0641 e. The van der Waals surface area contributed by atoms with E-state index >= 15 is 0 Å². The van der Waals surface area contributed by atoms with Crippen molar-refractivity contribution >= 4 is 11.8 Å². The van der Waals surface area contributed by atoms with E-state index in [2.05, 4.69) is 12.3 Å². The zero-order valence-electron chi connectivity index (χ0n) is 8.01. The molecule has 0 aromatic rings. The fourth-order valence-electron chi connectivity index (χ4n) is 0.774. The summed E-state index contributed by atoms with van der Waals surface area (Å²) in [5, 5.41) is 0. The minimum Gasteiger partial charge on any atom is -0.380 e. The van der Waals surface area contributed by atoms with Crippen molar-refractivity contribution in [3.63, 3.8) is 0 Å². The molecule has 3 N–H and O–H groups in total. The second kappa shape index (κ2) is 9.32. The van der Waals surface area contributed by atoms with Crippen LogP contribution in [0.15, 0.2) is 0 Å². The molecule has 0 rings (SSSR count). The van der Waals surface area contributed by atoms with Gasteiger partial charge in [-0.25, -0.2) is 0 Å². The van der Waals surface area contributed by atoms with E-state index in [0.717, 1.165) is 12.4 Å². The molecule has 1 atom stereocenters. The average Bonchev–Trinajstić information content (AvgIpc) is 2.11. The quantitative estimate of drug-likeness (QED) is 0.342. The molecule has 3 nitrogen and oxygen atoms in total. The van der Waals surface area contributed by atoms with Gasteiger partial charge in [-0.05, 0) is 19.1 Å². The third-order valence-electron chi connectivity index (χ3n) is 1.43. The summed E-state index contributed by atoms with van der Waals surface area (Å²) in [6.45, 7) is 5.65. The molecule has 0 heterocycles. The average molecular weight is 192 g/mol. The van der Waals surface area contributed by atoms with Gasteiger partial charge >= 0.3 is 0 Å². The van der Waals surface area contributed by atoms with Gasteiger partial charge in [0.15, 0.2) is 0 Å². The van der Waals surface area contributed by atoms with Crippen LogP contribution < -0.4 is 11.3 Å². The molecule has 4 heteroatoms. The van der Waals surface area contributed by atoms with Crippen molar-refractivity contribution in [1.29, 1.82) is 0 Å². The maximum absolute atomic E-state index is 5.35. The summed E-state index contributed by atoms with van der Waals surface area (Å²) in [6, 6.07) is 0.293. The monoisotopic (exact) mass is 192 g/mol. The number of rotatable bonds is 8. The molecule has 0 aliphatic rings. The van der Waals surface area contributed by atoms with E-state index in [1.807, 2.05) is 18.7 Å². The largest absolute Gasteiger partial charge is 0.380 e. The molecular weight excluding hydrogens is 172 g/mol. The van der Waals surface area contributed by atoms with Crippen LogP contribution in [0.3, 0.4) is 0 Å². The van der Waals surface area contributed by atoms with Crippen molar-refractivity contribution in [2.24, 2.45) is 5.84 Å². The van der Waals surface area contributed by atoms with Gasteiger partial charge in [-0.2, -0.15) is 11.8 Å². The second-order valence-electron chi connectivity index (χ2n) is 2.60. The normalized spacial score (nSPS) is 13.2. The van der Waals surface area contributed by atoms with Crippen LogP contribution in [-0.2, 0) is 4.74 Å². The molecule has 0 bridgehead atoms. The number of hydrogen-bond acceptors (Lipinski definition) is 4. The molecule has 1 unspecified atom stereocenters. The van der Waals surface area contributed by atoms with Crippen LogP contribution in [0.25, 0.3) is 0 Å². The third-order valence-corrected chi connectivity index (χ3v) is 2.76. The van der Waals surface area contributed by atoms with Crippen LogP contribution in [0.4, 0.5) is 0 Å². The Morgan fingerprint density at radius 2 is 2.25 bits per heavy atom. The van der Waals surface area contributed by atoms with Gasteiger partial charge in [-0.3, -0.25) is 11.3 Å². The summed E-state index contributed by atoms with van der Waals surface area (Å²) in [4.78, 5) is 0. The van der Waals surface area contributed by atoms with Crippen molar-refractivity contribution in [3.8, 4) is 0 Å². The first-order valence-corrected chi connectivity index (χ1v) is 5.62. The molecule has 0 fully saturated rings. The molecule has 0 aliphatic heterocycles. The molecule has 0 saturated heterocycles. The van der Waals surface area contributed by atoms with E-state index in [-0.39, 0.29) is 0 Å². The number of ether oxygens (including phenoxy) is 1. The first kappa shape index (κ1) is 12.2. The minimum atomic E-state index is 0.293. The molecule has 0 saturated carbocycles. The Kier molecular flexibility index (Phi) is 9.50. The summed E-state index contributed by atoms with van der Waals surface area (Å²) in [5.41, 5.74) is 2.75. The van der Waals surface area contributed by atoms with Crippen molar-refractivity contribution in [3.05, 3.63) is 0 Å². The number of hydrazine groups is 1. The number of hydrogen-bond donors (Lipinski definition) is 2. The van der Waals surface area contributed by atoms with Gasteiger partial charge in [0.1, 0.15) is 0 Å². The molecule has 0 aromatic carbocycles. The predicted octanol–water partition coefficient (Wildman–Crippen LogP) is 0.998. The summed E-state index contributed by atoms with van der Waals surface area (Å²) >= 11 is 1.91. The number of nitrogens with one attached hydrogen (secondary N) is 1. The lowest BCUT2D eigenvalue weighted by Crippen LogP contribution is -2.40. The van der Waals surface area contributed by atoms with Crippen molar-refractivity contribution in [2.45, 2.75) is 26.3 Å². The number of nitrogens with two attached hydrogens (primary N) is 1. The first-order valence-electron chi connectivity index (χ1n) is 4.46. The highest BCUT2D eigenvalue weighted by Gasteiger charge is 2.04. The SMILES string of the molecule is CCCSCC(COCC)NN. The lowest BCUT2D eigenvalue weighted by atomic mass is 10.4. The maximum atomic E-state index is 5.35. The van der Waals surface area contributed by atoms with Gasteiger partial charge in [-0.1, -0.05) is 6.92 Å². The third kappa shape index (κ3) is 6.91. The zero-order chi connectivity index (χ0) is 9.23. The fourth-order valence-corrected chi connectivity index (χ4v) is 1.71. The summed E-state index contributed by atoms with van der Waals surface area (Å²) < 4.78 is 5.26. The van der Waals surface area contributed by atoms with Crippen LogP contribution >= 0.6 is 11.8 Å². The van der Waals surface area contributed by atoms with Gasteiger partial charge in [0.05, 0.1) is 12.6 Å². The van der Waals surface area contributed by atoms with Crippen LogP contribution in [0.1, 0.15) is 20.3 Å². The molecule has 12 heavy (non-hydrogen) atoms. The van der Waals surface area contributed by atoms with Crippen molar-refractivity contribution in [1.82, 2.24) is 5.43 Å². The van der Waals surface area contributed by atoms with Gasteiger partial charge in [0, 0.05) is 12.4 Å². The standard InChI is InChI=1S/C8H20N2OS/c1-3-5-12-7-8(10-9)6-11-4-2/h8,10H,3-7,9H2,1-2H3. The van der Waals surface area contributed by atoms with Crippen molar-refractivity contribution < 1.29 is 4.74 Å². The molecule has 0 amide bonds. The molecule has 0 radical (unpaired) electrons. The van der Waals surface area contributed by atoms with Gasteiger partial charge in [0.2, 0.25) is 0 Å². The Morgan fingerprint density at radius 3 is 2.75 bits per heavy atom. The molecule has 0 spiro atoms. The Morgan fingerprint density at radius 1 is 1.50 bits per heavy atom. The van der Waals surface area contributed by atoms with E-state index in [0.29, 0.717) is 12.6 Å². The van der Waals surface area contributed by atoms with E-state index in [9.17, 15) is 0 Å². The highest BCUT2D eigenvalue weighted by molar-refractivity contribution is 7.99. The van der Waals surface area contributed by atoms with Gasteiger partial charge < -0.3 is 4.74 Å². The van der Waals surface area contributed by atoms with Gasteiger partial charge in [0.25, 0.3) is 0 Å². The lowest BCUT2D eigenvalue weighted by molar-refractivity contribution is 0.129. The summed E-state index contributed by atoms with van der Waals surface area (Å²) in [6.07, 6.45) is 1.22. The molecular formula is C8H20N2OS. The highest BCUT2D eigenvalue weighted by atomic mass is 32.2. The Hall–Kier alpha value is 0.230. The van der Waals surface area contributed by atoms with Gasteiger partial charge in [-0.15, -0.1) is 0 Å². The van der Waals surface area contributed by atoms with Crippen LogP contribution in [0, 0.1) is 0 Å². The van der Waals surface area contributed by atoms with Crippen LogP contribution in [0.5, 0.6) is 0 Å². The Bertz CT molecular complexity index is 93.1. The minimum absolute atomic E-state index is 0.293. The Balaban J connectivity index is 3.26. The fraction of sp³-hybridized carbons (Fsp3) is 1.00. The van der Waals surface area contributed by atoms with Crippen LogP contribution in [0.2, 0.25) is 0 Å². The second-order valence-corrected chi connectivity index (χ2v) is 3.75. The van der Waals surface area contributed by atoms with E-state index in [4.69, 9.17) is 10.6 Å². The molecule has 0 aromatic heterocycles. The first-order chi connectivity index (χ1) is 5.85. The smallest absolute Gasteiger partial charge is 0.0641 e. The molecule has 0 aliphatic carbocycles. The van der Waals surface area contributed by atoms with Crippen LogP contribution in [-0.4, -0.2) is 30.8 Å². The summed E-state index contributed by atoms with van der Waals surface area (Å²) in [7, 11) is 0. The Labute approximate surface area is 79.4 Å². The topological polar surface area (TPSA) is 47.3 Å². The van der Waals surface area contributed by atoms with E-state index < -0.39 is 0 Å². The van der Waals surface area contributed by atoms with Crippen molar-refractivity contribution in [2.75, 3.05) is 24.7 Å². The number of thioether (sulfide) groups is 1. The lowest BCUT2D eigenvalue weighted by Gasteiger charge is -2.14. The summed E-state index contributed by atoms with van der Waals surface area (Å²) in [5.74, 6) is 7.58. The zero-order valence-corrected chi connectivity index (χ0v) is 8.82. The highest BCUT2D eigenvalue weighted by Crippen LogP contribution is 2.04.